The summed E-state index contributed by atoms with van der Waals surface area (Å²) in [5, 5.41) is 3.72. The number of halogens is 6. The minimum absolute atomic E-state index is 0.119. The normalized spacial score (nSPS) is 18.4. The molecular weight excluding hydrogens is 545 g/mol. The lowest BCUT2D eigenvalue weighted by Gasteiger charge is -2.10. The molecule has 0 saturated heterocycles. The number of benzene rings is 3. The molecule has 0 bridgehead atoms. The lowest BCUT2D eigenvalue weighted by Crippen LogP contribution is -2.17. The van der Waals surface area contributed by atoms with Crippen molar-refractivity contribution in [2.24, 2.45) is 5.92 Å². The van der Waals surface area contributed by atoms with Gasteiger partial charge < -0.3 is 11.1 Å². The number of ketones is 1. The summed E-state index contributed by atoms with van der Waals surface area (Å²) in [4.78, 5) is 25.8. The van der Waals surface area contributed by atoms with Gasteiger partial charge in [-0.25, -0.2) is 4.39 Å². The van der Waals surface area contributed by atoms with Gasteiger partial charge in [-0.1, -0.05) is 34.8 Å². The highest BCUT2D eigenvalue weighted by Crippen LogP contribution is 2.65. The molecule has 0 radical (unpaired) electrons. The maximum atomic E-state index is 13.6. The van der Waals surface area contributed by atoms with Crippen LogP contribution in [0.1, 0.15) is 27.4 Å². The largest absolute Gasteiger partial charge is 0.399 e. The van der Waals surface area contributed by atoms with Gasteiger partial charge >= 0.3 is 0 Å². The summed E-state index contributed by atoms with van der Waals surface area (Å²) in [5.74, 6) is -2.63. The van der Waals surface area contributed by atoms with Crippen LogP contribution in [0.25, 0.3) is 0 Å². The molecule has 34 heavy (non-hydrogen) atoms. The molecule has 10 heteroatoms. The Bertz CT molecular complexity index is 1270. The molecule has 1 aliphatic carbocycles. The van der Waals surface area contributed by atoms with Crippen molar-refractivity contribution in [2.45, 2.75) is 16.7 Å². The zero-order valence-corrected chi connectivity index (χ0v) is 21.0. The Morgan fingerprint density at radius 1 is 0.971 bits per heavy atom. The molecule has 0 unspecified atom stereocenters. The van der Waals surface area contributed by atoms with Crippen molar-refractivity contribution in [1.29, 1.82) is 0 Å². The smallest absolute Gasteiger partial charge is 0.231 e. The summed E-state index contributed by atoms with van der Waals surface area (Å²) in [6.45, 7) is 0. The number of anilines is 2. The summed E-state index contributed by atoms with van der Waals surface area (Å²) in [6, 6.07) is 13.3. The lowest BCUT2D eigenvalue weighted by molar-refractivity contribution is -0.117. The van der Waals surface area contributed by atoms with E-state index in [1.807, 2.05) is 0 Å². The Balaban J connectivity index is 1.52. The number of carbonyl (C=O) groups is 2. The van der Waals surface area contributed by atoms with E-state index < -0.39 is 27.9 Å². The minimum Gasteiger partial charge on any atom is -0.399 e. The molecule has 1 aliphatic rings. The van der Waals surface area contributed by atoms with Crippen molar-refractivity contribution in [2.75, 3.05) is 11.1 Å². The number of Topliss-reactive ketones (excluding diaryl/α,β-unsaturated/α-hetero) is 1. The van der Waals surface area contributed by atoms with Gasteiger partial charge in [0.15, 0.2) is 5.78 Å². The van der Waals surface area contributed by atoms with Crippen LogP contribution in [-0.2, 0) is 11.2 Å². The zero-order chi connectivity index (χ0) is 24.8. The minimum atomic E-state index is -1.35. The second-order valence-corrected chi connectivity index (χ2v) is 10.7. The second kappa shape index (κ2) is 9.56. The van der Waals surface area contributed by atoms with Crippen molar-refractivity contribution in [3.05, 3.63) is 92.2 Å². The number of hydrogen-bond acceptors (Lipinski definition) is 3. The maximum absolute atomic E-state index is 13.6. The van der Waals surface area contributed by atoms with Gasteiger partial charge in [-0.3, -0.25) is 9.59 Å². The van der Waals surface area contributed by atoms with E-state index in [0.717, 1.165) is 6.07 Å². The van der Waals surface area contributed by atoms with Gasteiger partial charge in [0.05, 0.1) is 10.9 Å². The molecule has 0 aromatic heterocycles. The predicted octanol–water partition coefficient (Wildman–Crippen LogP) is 7.32. The van der Waals surface area contributed by atoms with E-state index in [1.165, 1.54) is 24.3 Å². The highest BCUT2D eigenvalue weighted by Gasteiger charge is 2.67. The van der Waals surface area contributed by atoms with E-state index in [9.17, 15) is 14.0 Å². The molecule has 1 amide bonds. The number of nitrogen functional groups attached to an aromatic ring is 1. The third-order valence-electron chi connectivity index (χ3n) is 5.46. The van der Waals surface area contributed by atoms with Gasteiger partial charge in [0, 0.05) is 39.3 Å². The highest BCUT2D eigenvalue weighted by atomic mass is 35.5. The molecule has 1 fully saturated rings. The van der Waals surface area contributed by atoms with Crippen LogP contribution in [0.3, 0.4) is 0 Å². The topological polar surface area (TPSA) is 72.2 Å². The van der Waals surface area contributed by atoms with Crippen LogP contribution in [0.5, 0.6) is 0 Å². The van der Waals surface area contributed by atoms with Crippen LogP contribution in [0.2, 0.25) is 15.1 Å². The molecule has 0 heterocycles. The maximum Gasteiger partial charge on any atom is 0.231 e. The fourth-order valence-electron chi connectivity index (χ4n) is 3.92. The van der Waals surface area contributed by atoms with Crippen LogP contribution in [0.4, 0.5) is 15.8 Å². The number of alkyl halides is 2. The standard InChI is InChI=1S/C24H16Cl5FN2O2/c25-13-6-12(7-14(26)8-13)21-22(24(21,28)29)23(34)32-17-1-2-19(27)18(10-17)20(33)5-11-3-15(30)9-16(31)4-11/h1-4,6-10,21-22H,5,31H2,(H,32,34)/t21-,22+/m0/s1. The third kappa shape index (κ3) is 5.29. The number of rotatable bonds is 6. The number of amides is 1. The summed E-state index contributed by atoms with van der Waals surface area (Å²) < 4.78 is 12.3. The molecule has 3 aromatic rings. The van der Waals surface area contributed by atoms with Gasteiger partial charge in [-0.2, -0.15) is 0 Å². The molecule has 3 aromatic carbocycles. The number of hydrogen-bond donors (Lipinski definition) is 2. The van der Waals surface area contributed by atoms with Crippen LogP contribution in [-0.4, -0.2) is 16.0 Å². The molecule has 2 atom stereocenters. The van der Waals surface area contributed by atoms with E-state index in [1.54, 1.807) is 24.3 Å². The Morgan fingerprint density at radius 3 is 2.29 bits per heavy atom. The Hall–Kier alpha value is -2.02. The van der Waals surface area contributed by atoms with E-state index in [0.29, 0.717) is 26.9 Å². The number of nitrogens with one attached hydrogen (secondary N) is 1. The molecule has 4 nitrogen and oxygen atoms in total. The van der Waals surface area contributed by atoms with Gasteiger partial charge in [-0.05, 0) is 65.7 Å². The van der Waals surface area contributed by atoms with Gasteiger partial charge in [0.25, 0.3) is 0 Å². The molecule has 4 rings (SSSR count). The molecular formula is C24H16Cl5FN2O2. The van der Waals surface area contributed by atoms with E-state index in [-0.39, 0.29) is 28.5 Å². The van der Waals surface area contributed by atoms with Crippen LogP contribution < -0.4 is 11.1 Å². The quantitative estimate of drug-likeness (QED) is 0.189. The molecule has 176 valence electrons. The first-order valence-corrected chi connectivity index (χ1v) is 11.9. The van der Waals surface area contributed by atoms with Crippen molar-refractivity contribution in [3.8, 4) is 0 Å². The third-order valence-corrected chi connectivity index (χ3v) is 7.17. The average molecular weight is 561 g/mol. The summed E-state index contributed by atoms with van der Waals surface area (Å²) in [6.07, 6.45) is -0.119. The fourth-order valence-corrected chi connectivity index (χ4v) is 5.51. The van der Waals surface area contributed by atoms with Gasteiger partial charge in [0.2, 0.25) is 5.91 Å². The summed E-state index contributed by atoms with van der Waals surface area (Å²) >= 11 is 31.1. The molecule has 0 aliphatic heterocycles. The molecule has 0 spiro atoms. The first kappa shape index (κ1) is 25.1. The van der Waals surface area contributed by atoms with E-state index in [2.05, 4.69) is 5.32 Å². The second-order valence-electron chi connectivity index (χ2n) is 8.01. The SMILES string of the molecule is Nc1cc(F)cc(CC(=O)c2cc(NC(=O)[C@H]3[C@H](c4cc(Cl)cc(Cl)c4)C3(Cl)Cl)ccc2Cl)c1. The van der Waals surface area contributed by atoms with Crippen LogP contribution >= 0.6 is 58.0 Å². The number of nitrogens with two attached hydrogens (primary N) is 1. The average Bonchev–Trinajstić information content (AvgIpc) is 3.30. The van der Waals surface area contributed by atoms with Gasteiger partial charge in [0.1, 0.15) is 10.2 Å². The highest BCUT2D eigenvalue weighted by molar-refractivity contribution is 6.53. The van der Waals surface area contributed by atoms with E-state index in [4.69, 9.17) is 63.7 Å². The fraction of sp³-hybridized carbons (Fsp3) is 0.167. The first-order chi connectivity index (χ1) is 16.0. The van der Waals surface area contributed by atoms with Crippen molar-refractivity contribution in [1.82, 2.24) is 0 Å². The van der Waals surface area contributed by atoms with Gasteiger partial charge in [-0.15, -0.1) is 23.2 Å². The zero-order valence-electron chi connectivity index (χ0n) is 17.2. The monoisotopic (exact) mass is 558 g/mol. The number of carbonyl (C=O) groups excluding carboxylic acids is 2. The van der Waals surface area contributed by atoms with Crippen LogP contribution in [0, 0.1) is 11.7 Å². The summed E-state index contributed by atoms with van der Waals surface area (Å²) in [5.41, 5.74) is 7.40. The van der Waals surface area contributed by atoms with E-state index >= 15 is 0 Å². The Kier molecular flexibility index (Phi) is 7.05. The Labute approximate surface area is 220 Å². The predicted molar refractivity (Wildman–Crippen MR) is 136 cm³/mol. The Morgan fingerprint density at radius 2 is 1.65 bits per heavy atom. The summed E-state index contributed by atoms with van der Waals surface area (Å²) in [7, 11) is 0. The van der Waals surface area contributed by atoms with Crippen molar-refractivity contribution >= 4 is 81.1 Å². The lowest BCUT2D eigenvalue weighted by atomic mass is 10.0. The molecule has 3 N–H and O–H groups in total. The van der Waals surface area contributed by atoms with Crippen LogP contribution in [0.15, 0.2) is 54.6 Å². The molecule has 1 saturated carbocycles. The van der Waals surface area contributed by atoms with Crippen molar-refractivity contribution < 1.29 is 14.0 Å². The first-order valence-electron chi connectivity index (χ1n) is 9.98. The van der Waals surface area contributed by atoms with Crippen molar-refractivity contribution in [3.63, 3.8) is 0 Å².